The topological polar surface area (TPSA) is 75.1 Å². The van der Waals surface area contributed by atoms with Crippen LogP contribution in [0.4, 0.5) is 5.82 Å². The van der Waals surface area contributed by atoms with E-state index in [2.05, 4.69) is 15.3 Å². The summed E-state index contributed by atoms with van der Waals surface area (Å²) in [5, 5.41) is 12.6. The van der Waals surface area contributed by atoms with Gasteiger partial charge in [-0.1, -0.05) is 25.7 Å². The van der Waals surface area contributed by atoms with E-state index in [0.717, 1.165) is 25.7 Å². The molecule has 1 aliphatic carbocycles. The van der Waals surface area contributed by atoms with Gasteiger partial charge in [-0.05, 0) is 18.9 Å². The molecule has 1 aromatic rings. The van der Waals surface area contributed by atoms with Crippen molar-refractivity contribution in [3.63, 3.8) is 0 Å². The number of nitrogens with zero attached hydrogens (tertiary/aromatic N) is 2. The van der Waals surface area contributed by atoms with E-state index < -0.39 is 11.5 Å². The predicted octanol–water partition coefficient (Wildman–Crippen LogP) is 2.07. The molecule has 2 N–H and O–H groups in total. The third-order valence-electron chi connectivity index (χ3n) is 3.32. The molecular formula is C12H17N3O2. The van der Waals surface area contributed by atoms with Gasteiger partial charge in [0.1, 0.15) is 17.7 Å². The van der Waals surface area contributed by atoms with Crippen LogP contribution in [0.5, 0.6) is 0 Å². The Hall–Kier alpha value is -1.65. The minimum absolute atomic E-state index is 0.587. The quantitative estimate of drug-likeness (QED) is 0.784. The van der Waals surface area contributed by atoms with E-state index in [0.29, 0.717) is 18.7 Å². The van der Waals surface area contributed by atoms with E-state index in [4.69, 9.17) is 0 Å². The Bertz CT molecular complexity index is 373. The minimum atomic E-state index is -0.856. The molecule has 1 heterocycles. The van der Waals surface area contributed by atoms with Gasteiger partial charge in [-0.3, -0.25) is 0 Å². The van der Waals surface area contributed by atoms with E-state index in [-0.39, 0.29) is 0 Å². The minimum Gasteiger partial charge on any atom is -0.480 e. The lowest BCUT2D eigenvalue weighted by atomic mass is 9.90. The Morgan fingerprint density at radius 3 is 2.53 bits per heavy atom. The number of carboxylic acid groups (broad SMARTS) is 1. The van der Waals surface area contributed by atoms with Gasteiger partial charge in [0.25, 0.3) is 0 Å². The fourth-order valence-corrected chi connectivity index (χ4v) is 2.33. The smallest absolute Gasteiger partial charge is 0.329 e. The maximum Gasteiger partial charge on any atom is 0.329 e. The standard InChI is InChI=1S/C12H17N3O2/c16-11(17)12(6-3-1-2-4-7-12)15-10-5-8-13-9-14-10/h5,8-9H,1-4,6-7H2,(H,16,17)(H,13,14,15). The average molecular weight is 235 g/mol. The molecule has 1 saturated carbocycles. The number of aliphatic carboxylic acids is 1. The number of nitrogens with one attached hydrogen (secondary N) is 1. The highest BCUT2D eigenvalue weighted by molar-refractivity contribution is 5.82. The van der Waals surface area contributed by atoms with Crippen LogP contribution >= 0.6 is 0 Å². The summed E-state index contributed by atoms with van der Waals surface area (Å²) in [6, 6.07) is 1.70. The first-order valence-corrected chi connectivity index (χ1v) is 6.01. The number of carbonyl (C=O) groups is 1. The number of anilines is 1. The fourth-order valence-electron chi connectivity index (χ4n) is 2.33. The van der Waals surface area contributed by atoms with Crippen molar-refractivity contribution in [2.45, 2.75) is 44.1 Å². The molecule has 0 amide bonds. The monoisotopic (exact) mass is 235 g/mol. The van der Waals surface area contributed by atoms with Crippen LogP contribution in [0.1, 0.15) is 38.5 Å². The van der Waals surface area contributed by atoms with Gasteiger partial charge in [0.15, 0.2) is 0 Å². The Morgan fingerprint density at radius 2 is 2.00 bits per heavy atom. The lowest BCUT2D eigenvalue weighted by Crippen LogP contribution is -2.46. The molecule has 0 spiro atoms. The Labute approximate surface area is 100 Å². The highest BCUT2D eigenvalue weighted by Crippen LogP contribution is 2.30. The first kappa shape index (κ1) is 11.8. The molecule has 0 saturated heterocycles. The van der Waals surface area contributed by atoms with E-state index in [1.807, 2.05) is 0 Å². The Kier molecular flexibility index (Phi) is 3.56. The second-order valence-corrected chi connectivity index (χ2v) is 4.52. The van der Waals surface area contributed by atoms with Crippen molar-refractivity contribution in [2.24, 2.45) is 0 Å². The van der Waals surface area contributed by atoms with Crippen LogP contribution in [0.3, 0.4) is 0 Å². The van der Waals surface area contributed by atoms with Gasteiger partial charge in [-0.2, -0.15) is 0 Å². The summed E-state index contributed by atoms with van der Waals surface area (Å²) in [5.74, 6) is -0.192. The SMILES string of the molecule is O=C(O)C1(Nc2ccncn2)CCCCCC1. The first-order chi connectivity index (χ1) is 8.23. The maximum atomic E-state index is 11.5. The average Bonchev–Trinajstić information content (AvgIpc) is 2.57. The maximum absolute atomic E-state index is 11.5. The molecular weight excluding hydrogens is 218 g/mol. The van der Waals surface area contributed by atoms with Crippen LogP contribution in [0.2, 0.25) is 0 Å². The van der Waals surface area contributed by atoms with Crippen molar-refractivity contribution < 1.29 is 9.90 Å². The fraction of sp³-hybridized carbons (Fsp3) is 0.583. The summed E-state index contributed by atoms with van der Waals surface area (Å²) in [5.41, 5.74) is -0.856. The lowest BCUT2D eigenvalue weighted by Gasteiger charge is -2.29. The second-order valence-electron chi connectivity index (χ2n) is 4.52. The zero-order valence-corrected chi connectivity index (χ0v) is 9.72. The van der Waals surface area contributed by atoms with Crippen molar-refractivity contribution in [2.75, 3.05) is 5.32 Å². The summed E-state index contributed by atoms with van der Waals surface area (Å²) < 4.78 is 0. The zero-order valence-electron chi connectivity index (χ0n) is 9.72. The van der Waals surface area contributed by atoms with E-state index in [9.17, 15) is 9.90 Å². The molecule has 5 heteroatoms. The molecule has 0 atom stereocenters. The summed E-state index contributed by atoms with van der Waals surface area (Å²) in [7, 11) is 0. The largest absolute Gasteiger partial charge is 0.480 e. The van der Waals surface area contributed by atoms with Gasteiger partial charge >= 0.3 is 5.97 Å². The van der Waals surface area contributed by atoms with Gasteiger partial charge in [0.05, 0.1) is 0 Å². The normalized spacial score (nSPS) is 19.3. The molecule has 2 rings (SSSR count). The molecule has 1 aliphatic rings. The van der Waals surface area contributed by atoms with Crippen LogP contribution in [0.25, 0.3) is 0 Å². The molecule has 0 bridgehead atoms. The van der Waals surface area contributed by atoms with Crippen LogP contribution in [0.15, 0.2) is 18.6 Å². The van der Waals surface area contributed by atoms with Gasteiger partial charge < -0.3 is 10.4 Å². The summed E-state index contributed by atoms with van der Waals surface area (Å²) >= 11 is 0. The molecule has 17 heavy (non-hydrogen) atoms. The van der Waals surface area contributed by atoms with Gasteiger partial charge in [-0.25, -0.2) is 14.8 Å². The number of rotatable bonds is 3. The van der Waals surface area contributed by atoms with Crippen LogP contribution in [-0.4, -0.2) is 26.6 Å². The Morgan fingerprint density at radius 1 is 1.29 bits per heavy atom. The van der Waals surface area contributed by atoms with E-state index >= 15 is 0 Å². The number of aromatic nitrogens is 2. The van der Waals surface area contributed by atoms with Crippen molar-refractivity contribution >= 4 is 11.8 Å². The van der Waals surface area contributed by atoms with Gasteiger partial charge in [-0.15, -0.1) is 0 Å². The summed E-state index contributed by atoms with van der Waals surface area (Å²) in [6.45, 7) is 0. The summed E-state index contributed by atoms with van der Waals surface area (Å²) in [6.07, 6.45) is 8.48. The molecule has 1 fully saturated rings. The third kappa shape index (κ3) is 2.72. The molecule has 0 aromatic carbocycles. The summed E-state index contributed by atoms with van der Waals surface area (Å²) in [4.78, 5) is 19.4. The predicted molar refractivity (Wildman–Crippen MR) is 63.7 cm³/mol. The molecule has 92 valence electrons. The second kappa shape index (κ2) is 5.12. The van der Waals surface area contributed by atoms with E-state index in [1.165, 1.54) is 6.33 Å². The van der Waals surface area contributed by atoms with E-state index in [1.54, 1.807) is 12.3 Å². The van der Waals surface area contributed by atoms with Crippen molar-refractivity contribution in [3.8, 4) is 0 Å². The lowest BCUT2D eigenvalue weighted by molar-refractivity contribution is -0.142. The van der Waals surface area contributed by atoms with Crippen molar-refractivity contribution in [1.29, 1.82) is 0 Å². The zero-order chi connectivity index (χ0) is 12.1. The third-order valence-corrected chi connectivity index (χ3v) is 3.32. The molecule has 1 aromatic heterocycles. The molecule has 0 radical (unpaired) electrons. The van der Waals surface area contributed by atoms with Crippen LogP contribution < -0.4 is 5.32 Å². The highest BCUT2D eigenvalue weighted by Gasteiger charge is 2.38. The van der Waals surface area contributed by atoms with Crippen LogP contribution in [0, 0.1) is 0 Å². The van der Waals surface area contributed by atoms with Gasteiger partial charge in [0, 0.05) is 6.20 Å². The van der Waals surface area contributed by atoms with Gasteiger partial charge in [0.2, 0.25) is 0 Å². The number of carboxylic acids is 1. The highest BCUT2D eigenvalue weighted by atomic mass is 16.4. The van der Waals surface area contributed by atoms with Crippen molar-refractivity contribution in [1.82, 2.24) is 9.97 Å². The molecule has 0 aliphatic heterocycles. The van der Waals surface area contributed by atoms with Crippen LogP contribution in [-0.2, 0) is 4.79 Å². The number of hydrogen-bond donors (Lipinski definition) is 2. The van der Waals surface area contributed by atoms with Crippen molar-refractivity contribution in [3.05, 3.63) is 18.6 Å². The molecule has 5 nitrogen and oxygen atoms in total. The Balaban J connectivity index is 2.19. The first-order valence-electron chi connectivity index (χ1n) is 6.01. The molecule has 0 unspecified atom stereocenters. The number of hydrogen-bond acceptors (Lipinski definition) is 4.